The van der Waals surface area contributed by atoms with Gasteiger partial charge in [0.15, 0.2) is 0 Å². The van der Waals surface area contributed by atoms with Gasteiger partial charge >= 0.3 is 6.36 Å². The molecule has 2 atom stereocenters. The minimum absolute atomic E-state index is 0.117. The molecule has 0 amide bonds. The lowest BCUT2D eigenvalue weighted by Gasteiger charge is -2.19. The summed E-state index contributed by atoms with van der Waals surface area (Å²) in [6.07, 6.45) is -2.74. The molecule has 1 N–H and O–H groups in total. The number of benzene rings is 1. The molecule has 0 spiro atoms. The van der Waals surface area contributed by atoms with E-state index in [0.717, 1.165) is 30.5 Å². The van der Waals surface area contributed by atoms with Crippen molar-refractivity contribution in [1.29, 1.82) is 0 Å². The zero-order valence-corrected chi connectivity index (χ0v) is 11.1. The fourth-order valence-electron chi connectivity index (χ4n) is 2.63. The lowest BCUT2D eigenvalue weighted by molar-refractivity contribution is -0.274. The maximum atomic E-state index is 12.2. The lowest BCUT2D eigenvalue weighted by Crippen LogP contribution is -2.24. The predicted octanol–water partition coefficient (Wildman–Crippen LogP) is 3.82. The molecule has 2 unspecified atom stereocenters. The van der Waals surface area contributed by atoms with E-state index in [9.17, 15) is 13.2 Å². The largest absolute Gasteiger partial charge is 0.573 e. The maximum Gasteiger partial charge on any atom is 0.573 e. The maximum absolute atomic E-state index is 12.2. The van der Waals surface area contributed by atoms with Gasteiger partial charge in [0.05, 0.1) is 0 Å². The lowest BCUT2D eigenvalue weighted by atomic mass is 10.0. The summed E-state index contributed by atoms with van der Waals surface area (Å²) in [5, 5.41) is 3.39. The van der Waals surface area contributed by atoms with Crippen molar-refractivity contribution in [2.75, 3.05) is 6.54 Å². The molecule has 106 valence electrons. The molecule has 2 rings (SSSR count). The van der Waals surface area contributed by atoms with Crippen molar-refractivity contribution in [3.05, 3.63) is 29.3 Å². The second-order valence-corrected chi connectivity index (χ2v) is 5.02. The molecule has 1 aromatic rings. The van der Waals surface area contributed by atoms with Crippen LogP contribution in [0, 0.1) is 5.92 Å². The molecular formula is C14H18F3NO. The molecule has 0 saturated heterocycles. The van der Waals surface area contributed by atoms with Gasteiger partial charge in [0.2, 0.25) is 0 Å². The summed E-state index contributed by atoms with van der Waals surface area (Å²) < 4.78 is 40.7. The Morgan fingerprint density at radius 2 is 2.11 bits per heavy atom. The highest BCUT2D eigenvalue weighted by Crippen LogP contribution is 2.38. The number of rotatable bonds is 4. The summed E-state index contributed by atoms with van der Waals surface area (Å²) in [5.74, 6) is 0.256. The van der Waals surface area contributed by atoms with Crippen LogP contribution in [0.2, 0.25) is 0 Å². The highest BCUT2D eigenvalue weighted by atomic mass is 19.4. The molecule has 0 bridgehead atoms. The number of fused-ring (bicyclic) bond motifs is 1. The third-order valence-corrected chi connectivity index (χ3v) is 3.41. The van der Waals surface area contributed by atoms with Crippen molar-refractivity contribution >= 4 is 0 Å². The first-order chi connectivity index (χ1) is 8.90. The predicted molar refractivity (Wildman–Crippen MR) is 67.0 cm³/mol. The highest BCUT2D eigenvalue weighted by molar-refractivity contribution is 5.41. The topological polar surface area (TPSA) is 21.3 Å². The molecule has 1 aliphatic rings. The van der Waals surface area contributed by atoms with Gasteiger partial charge in [0.1, 0.15) is 5.75 Å². The van der Waals surface area contributed by atoms with Gasteiger partial charge in [-0.25, -0.2) is 0 Å². The number of nitrogens with one attached hydrogen (secondary N) is 1. The van der Waals surface area contributed by atoms with Gasteiger partial charge in [0.25, 0.3) is 0 Å². The molecule has 5 heteroatoms. The third-order valence-electron chi connectivity index (χ3n) is 3.41. The molecule has 1 aliphatic carbocycles. The van der Waals surface area contributed by atoms with E-state index in [4.69, 9.17) is 0 Å². The van der Waals surface area contributed by atoms with Crippen LogP contribution >= 0.6 is 0 Å². The summed E-state index contributed by atoms with van der Waals surface area (Å²) in [7, 11) is 0. The average molecular weight is 273 g/mol. The molecule has 1 aromatic carbocycles. The first kappa shape index (κ1) is 14.2. The van der Waals surface area contributed by atoms with Crippen LogP contribution in [0.1, 0.15) is 37.4 Å². The molecule has 0 fully saturated rings. The summed E-state index contributed by atoms with van der Waals surface area (Å²) in [4.78, 5) is 0. The van der Waals surface area contributed by atoms with Gasteiger partial charge in [-0.15, -0.1) is 13.2 Å². The fraction of sp³-hybridized carbons (Fsp3) is 0.571. The molecule has 0 radical (unpaired) electrons. The number of alkyl halides is 3. The number of ether oxygens (including phenoxy) is 1. The SMILES string of the molecule is CCCNC1c2cc(OC(F)(F)F)ccc2CC1C. The van der Waals surface area contributed by atoms with Crippen molar-refractivity contribution in [2.45, 2.75) is 39.1 Å². The van der Waals surface area contributed by atoms with Crippen LogP contribution in [0.25, 0.3) is 0 Å². The summed E-state index contributed by atoms with van der Waals surface area (Å²) in [6, 6.07) is 4.76. The smallest absolute Gasteiger partial charge is 0.406 e. The quantitative estimate of drug-likeness (QED) is 0.900. The molecule has 0 aliphatic heterocycles. The van der Waals surface area contributed by atoms with Crippen LogP contribution in [-0.2, 0) is 6.42 Å². The first-order valence-corrected chi connectivity index (χ1v) is 6.52. The molecule has 19 heavy (non-hydrogen) atoms. The van der Waals surface area contributed by atoms with Crippen LogP contribution in [0.4, 0.5) is 13.2 Å². The Bertz CT molecular complexity index is 445. The normalized spacial score (nSPS) is 22.4. The Morgan fingerprint density at radius 1 is 1.37 bits per heavy atom. The van der Waals surface area contributed by atoms with Crippen molar-refractivity contribution in [1.82, 2.24) is 5.32 Å². The molecular weight excluding hydrogens is 255 g/mol. The molecule has 2 nitrogen and oxygen atoms in total. The second-order valence-electron chi connectivity index (χ2n) is 5.02. The number of hydrogen-bond acceptors (Lipinski definition) is 2. The van der Waals surface area contributed by atoms with E-state index in [-0.39, 0.29) is 11.8 Å². The Hall–Kier alpha value is -1.23. The minimum Gasteiger partial charge on any atom is -0.406 e. The van der Waals surface area contributed by atoms with Gasteiger partial charge in [-0.1, -0.05) is 19.9 Å². The van der Waals surface area contributed by atoms with Crippen LogP contribution in [-0.4, -0.2) is 12.9 Å². The van der Waals surface area contributed by atoms with Crippen molar-refractivity contribution < 1.29 is 17.9 Å². The Balaban J connectivity index is 2.21. The Kier molecular flexibility index (Phi) is 4.04. The van der Waals surface area contributed by atoms with Crippen molar-refractivity contribution in [2.24, 2.45) is 5.92 Å². The Labute approximate surface area is 111 Å². The zero-order chi connectivity index (χ0) is 14.0. The Morgan fingerprint density at radius 3 is 2.74 bits per heavy atom. The standard InChI is InChI=1S/C14H18F3NO/c1-3-6-18-13-9(2)7-10-4-5-11(8-12(10)13)19-14(15,16)17/h4-5,8-9,13,18H,3,6-7H2,1-2H3. The monoisotopic (exact) mass is 273 g/mol. The molecule has 0 saturated carbocycles. The van der Waals surface area contributed by atoms with E-state index in [0.29, 0.717) is 5.92 Å². The van der Waals surface area contributed by atoms with Gasteiger partial charge < -0.3 is 10.1 Å². The van der Waals surface area contributed by atoms with E-state index in [1.165, 1.54) is 12.1 Å². The molecule has 0 aromatic heterocycles. The van der Waals surface area contributed by atoms with Crippen molar-refractivity contribution in [3.8, 4) is 5.75 Å². The third kappa shape index (κ3) is 3.41. The summed E-state index contributed by atoms with van der Waals surface area (Å²) >= 11 is 0. The van der Waals surface area contributed by atoms with Crippen LogP contribution in [0.3, 0.4) is 0 Å². The second kappa shape index (κ2) is 5.41. The fourth-order valence-corrected chi connectivity index (χ4v) is 2.63. The highest BCUT2D eigenvalue weighted by Gasteiger charge is 2.33. The van der Waals surface area contributed by atoms with Crippen LogP contribution in [0.5, 0.6) is 5.75 Å². The summed E-state index contributed by atoms with van der Waals surface area (Å²) in [6.45, 7) is 5.03. The number of halogens is 3. The van der Waals surface area contributed by atoms with Crippen LogP contribution in [0.15, 0.2) is 18.2 Å². The average Bonchev–Trinajstić information content (AvgIpc) is 2.60. The molecule has 0 heterocycles. The van der Waals surface area contributed by atoms with Gasteiger partial charge in [-0.3, -0.25) is 0 Å². The summed E-state index contributed by atoms with van der Waals surface area (Å²) in [5.41, 5.74) is 2.04. The van der Waals surface area contributed by atoms with E-state index in [1.807, 2.05) is 0 Å². The number of hydrogen-bond donors (Lipinski definition) is 1. The minimum atomic E-state index is -4.63. The van der Waals surface area contributed by atoms with Gasteiger partial charge in [-0.05, 0) is 48.6 Å². The van der Waals surface area contributed by atoms with E-state index in [2.05, 4.69) is 23.9 Å². The zero-order valence-electron chi connectivity index (χ0n) is 11.1. The first-order valence-electron chi connectivity index (χ1n) is 6.52. The van der Waals surface area contributed by atoms with Gasteiger partial charge in [0, 0.05) is 6.04 Å². The van der Waals surface area contributed by atoms with E-state index >= 15 is 0 Å². The van der Waals surface area contributed by atoms with E-state index < -0.39 is 6.36 Å². The van der Waals surface area contributed by atoms with Crippen molar-refractivity contribution in [3.63, 3.8) is 0 Å². The van der Waals surface area contributed by atoms with Gasteiger partial charge in [-0.2, -0.15) is 0 Å². The van der Waals surface area contributed by atoms with E-state index in [1.54, 1.807) is 6.07 Å². The van der Waals surface area contributed by atoms with Crippen LogP contribution < -0.4 is 10.1 Å².